The summed E-state index contributed by atoms with van der Waals surface area (Å²) in [6, 6.07) is 55.9. The van der Waals surface area contributed by atoms with E-state index in [0.29, 0.717) is 39.9 Å². The van der Waals surface area contributed by atoms with Crippen LogP contribution in [0.5, 0.6) is 23.0 Å². The molecule has 1 aliphatic heterocycles. The van der Waals surface area contributed by atoms with Crippen LogP contribution in [0.3, 0.4) is 0 Å². The summed E-state index contributed by atoms with van der Waals surface area (Å²) in [7, 11) is 0. The molecule has 0 atom stereocenters. The van der Waals surface area contributed by atoms with Gasteiger partial charge in [-0.1, -0.05) is 177 Å². The van der Waals surface area contributed by atoms with Crippen LogP contribution in [0.1, 0.15) is 85.9 Å². The Morgan fingerprint density at radius 3 is 1.86 bits per heavy atom. The number of para-hydroxylation sites is 4. The van der Waals surface area contributed by atoms with E-state index in [4.69, 9.17) is 21.3 Å². The van der Waals surface area contributed by atoms with Crippen LogP contribution in [0.4, 0.5) is 22.7 Å². The number of hydrogen-bond acceptors (Lipinski definition) is 5. The number of nitrogens with zero attached hydrogens (tertiary/aromatic N) is 4. The minimum atomic E-state index is -0.464. The van der Waals surface area contributed by atoms with Crippen LogP contribution >= 0.6 is 0 Å². The van der Waals surface area contributed by atoms with Crippen molar-refractivity contribution in [3.63, 3.8) is 0 Å². The Morgan fingerprint density at radius 1 is 0.534 bits per heavy atom. The third kappa shape index (κ3) is 9.69. The summed E-state index contributed by atoms with van der Waals surface area (Å²) in [5.74, 6) is 2.30. The van der Waals surface area contributed by atoms with Crippen LogP contribution in [0, 0.1) is 18.8 Å². The number of benzene rings is 8. The first-order valence-corrected chi connectivity index (χ1v) is 24.4. The van der Waals surface area contributed by atoms with Gasteiger partial charge in [-0.2, -0.15) is 12.1 Å². The molecule has 3 heterocycles. The largest absolute Gasteiger partial charge is 0.509 e. The molecule has 0 amide bonds. The van der Waals surface area contributed by atoms with Crippen molar-refractivity contribution in [2.24, 2.45) is 0 Å². The van der Waals surface area contributed by atoms with E-state index in [1.807, 2.05) is 83.4 Å². The number of hydrogen-bond donors (Lipinski definition) is 0. The van der Waals surface area contributed by atoms with Gasteiger partial charge in [0, 0.05) is 78.5 Å². The molecule has 0 radical (unpaired) electrons. The molecule has 0 fully saturated rings. The minimum absolute atomic E-state index is 0. The fourth-order valence-corrected chi connectivity index (χ4v) is 9.36. The third-order valence-corrected chi connectivity index (χ3v) is 13.4. The van der Waals surface area contributed by atoms with E-state index in [1.165, 1.54) is 11.1 Å². The van der Waals surface area contributed by atoms with Gasteiger partial charge in [-0.05, 0) is 85.8 Å². The van der Waals surface area contributed by atoms with Gasteiger partial charge in [0.05, 0.1) is 6.85 Å². The Balaban J connectivity index is 0.00000688. The van der Waals surface area contributed by atoms with Gasteiger partial charge in [0.1, 0.15) is 17.3 Å². The molecule has 8 aromatic carbocycles. The molecule has 11 rings (SSSR count). The van der Waals surface area contributed by atoms with Crippen LogP contribution in [0.2, 0.25) is 0 Å². The van der Waals surface area contributed by atoms with Crippen LogP contribution in [-0.4, -0.2) is 9.55 Å². The zero-order valence-corrected chi connectivity index (χ0v) is 44.8. The molecule has 368 valence electrons. The van der Waals surface area contributed by atoms with Crippen molar-refractivity contribution in [2.45, 2.75) is 78.6 Å². The standard InChI is InChI=1S/C66H59N4O2.Pt/c1-64(2,3)46-31-29-45(30-32-46)55-25-18-24-54(44-19-11-10-12-20-44)63(55)72-53-35-36-67-62(42-53)70-58-26-14-13-23-56(58)57-34-33-52(41-61(57)70)71-51-22-17-21-49(40-51)68-43-69(60-28-16-15-27-59(60)68)50-38-47(65(4,5)6)37-48(39-50)66(7,8)9;/h10-39,42-43H,1-9H3;/q-3;/i10D,11D,12D,19D,20D;. The zero-order chi connectivity index (χ0) is 54.3. The monoisotopic (exact) mass is 1140 g/mol. The molecule has 0 spiro atoms. The van der Waals surface area contributed by atoms with Crippen LogP contribution in [0.25, 0.3) is 49.9 Å². The second-order valence-electron chi connectivity index (χ2n) is 21.5. The number of anilines is 4. The fraction of sp³-hybridized carbons (Fsp3) is 0.182. The van der Waals surface area contributed by atoms with E-state index in [1.54, 1.807) is 18.3 Å². The molecule has 0 saturated heterocycles. The third-order valence-electron chi connectivity index (χ3n) is 13.4. The van der Waals surface area contributed by atoms with Crippen molar-refractivity contribution in [3.05, 3.63) is 224 Å². The Hall–Kier alpha value is -7.40. The van der Waals surface area contributed by atoms with E-state index in [0.717, 1.165) is 55.7 Å². The maximum absolute atomic E-state index is 8.99. The average molecular weight is 1140 g/mol. The van der Waals surface area contributed by atoms with Gasteiger partial charge in [-0.3, -0.25) is 0 Å². The molecule has 73 heavy (non-hydrogen) atoms. The summed E-state index contributed by atoms with van der Waals surface area (Å²) in [5.41, 5.74) is 11.1. The van der Waals surface area contributed by atoms with Gasteiger partial charge in [-0.15, -0.1) is 48.1 Å². The van der Waals surface area contributed by atoms with E-state index >= 15 is 0 Å². The summed E-state index contributed by atoms with van der Waals surface area (Å²) in [4.78, 5) is 9.32. The maximum atomic E-state index is 8.99. The van der Waals surface area contributed by atoms with E-state index < -0.39 is 18.1 Å². The van der Waals surface area contributed by atoms with Gasteiger partial charge >= 0.3 is 0 Å². The molecule has 7 heteroatoms. The Morgan fingerprint density at radius 2 is 1.16 bits per heavy atom. The molecular weight excluding hydrogens is 1080 g/mol. The number of aromatic nitrogens is 2. The molecule has 0 bridgehead atoms. The van der Waals surface area contributed by atoms with Crippen molar-refractivity contribution in [1.82, 2.24) is 9.55 Å². The van der Waals surface area contributed by atoms with Crippen LogP contribution in [-0.2, 0) is 37.3 Å². The quantitative estimate of drug-likeness (QED) is 0.135. The molecule has 0 saturated carbocycles. The zero-order valence-electron chi connectivity index (χ0n) is 47.5. The van der Waals surface area contributed by atoms with Crippen LogP contribution < -0.4 is 19.3 Å². The van der Waals surface area contributed by atoms with Crippen molar-refractivity contribution in [3.8, 4) is 51.1 Å². The number of ether oxygens (including phenoxy) is 2. The maximum Gasteiger partial charge on any atom is 0.143 e. The van der Waals surface area contributed by atoms with Crippen molar-refractivity contribution < 1.29 is 37.4 Å². The molecule has 0 aliphatic carbocycles. The molecule has 0 unspecified atom stereocenters. The average Bonchev–Trinajstić information content (AvgIpc) is 4.16. The Kier molecular flexibility index (Phi) is 11.4. The van der Waals surface area contributed by atoms with E-state index in [9.17, 15) is 0 Å². The molecule has 2 aromatic heterocycles. The summed E-state index contributed by atoms with van der Waals surface area (Å²) in [6.07, 6.45) is 1.68. The van der Waals surface area contributed by atoms with E-state index in [2.05, 4.69) is 152 Å². The summed E-state index contributed by atoms with van der Waals surface area (Å²) in [5, 5.41) is 1.94. The van der Waals surface area contributed by atoms with Crippen LogP contribution in [0.15, 0.2) is 188 Å². The molecule has 0 N–H and O–H groups in total. The predicted octanol–water partition coefficient (Wildman–Crippen LogP) is 18.0. The van der Waals surface area contributed by atoms with Crippen molar-refractivity contribution >= 4 is 44.6 Å². The van der Waals surface area contributed by atoms with Gasteiger partial charge in [0.15, 0.2) is 0 Å². The SMILES string of the molecule is [2H]c1c([2H])c([2H])c(-c2cccc(-c3ccc(C(C)(C)C)cc3)c2Oc2ccnc(-n3c4[c-]c(Oc5[c-]c(N6[CH-]N(c7cc(C(C)(C)C)cc(C(C)(C)C)c7)c7ccccc76)ccc5)ccc4c4ccccc43)c2)c([2H])c1[2H].[Pt]. The summed E-state index contributed by atoms with van der Waals surface area (Å²) in [6.45, 7) is 22.2. The molecular formula is C66H59N4O2Pt-3. The topological polar surface area (TPSA) is 42.8 Å². The first-order chi connectivity index (χ1) is 36.6. The Labute approximate surface area is 452 Å². The fourth-order valence-electron chi connectivity index (χ4n) is 9.36. The minimum Gasteiger partial charge on any atom is -0.509 e. The number of rotatable bonds is 9. The van der Waals surface area contributed by atoms with Crippen molar-refractivity contribution in [1.29, 1.82) is 0 Å². The smallest absolute Gasteiger partial charge is 0.143 e. The van der Waals surface area contributed by atoms with E-state index in [-0.39, 0.29) is 55.0 Å². The molecule has 1 aliphatic rings. The normalized spacial score (nSPS) is 13.7. The second kappa shape index (κ2) is 19.2. The summed E-state index contributed by atoms with van der Waals surface area (Å²) < 4.78 is 59.1. The first-order valence-electron chi connectivity index (χ1n) is 26.9. The van der Waals surface area contributed by atoms with Gasteiger partial charge < -0.3 is 23.8 Å². The van der Waals surface area contributed by atoms with Gasteiger partial charge in [0.25, 0.3) is 0 Å². The number of pyridine rings is 1. The van der Waals surface area contributed by atoms with Gasteiger partial charge in [-0.25, -0.2) is 4.98 Å². The van der Waals surface area contributed by atoms with Gasteiger partial charge in [0.2, 0.25) is 0 Å². The first kappa shape index (κ1) is 43.2. The van der Waals surface area contributed by atoms with Crippen molar-refractivity contribution in [2.75, 3.05) is 9.80 Å². The predicted molar refractivity (Wildman–Crippen MR) is 298 cm³/mol. The molecule has 10 aromatic rings. The number of fused-ring (bicyclic) bond motifs is 4. The Bertz CT molecular complexity index is 3890. The summed E-state index contributed by atoms with van der Waals surface area (Å²) >= 11 is 0. The second-order valence-corrected chi connectivity index (χ2v) is 21.5. The molecule has 6 nitrogen and oxygen atoms in total.